The Balaban J connectivity index is 2.09. The zero-order valence-electron chi connectivity index (χ0n) is 9.96. The van der Waals surface area contributed by atoms with Gasteiger partial charge in [-0.15, -0.1) is 0 Å². The Labute approximate surface area is 92.8 Å². The molecule has 0 saturated heterocycles. The third kappa shape index (κ3) is 4.65. The molecule has 88 valence electrons. The molecule has 3 heteroatoms. The lowest BCUT2D eigenvalue weighted by atomic mass is 9.96. The SMILES string of the molecule is CCC(CCN)CCC(=O)NC1CC1C. The van der Waals surface area contributed by atoms with Crippen molar-refractivity contribution in [3.05, 3.63) is 0 Å². The molecule has 1 fully saturated rings. The molecule has 0 heterocycles. The van der Waals surface area contributed by atoms with E-state index in [2.05, 4.69) is 19.2 Å². The van der Waals surface area contributed by atoms with Gasteiger partial charge in [-0.2, -0.15) is 0 Å². The summed E-state index contributed by atoms with van der Waals surface area (Å²) < 4.78 is 0. The number of rotatable bonds is 7. The number of amides is 1. The molecule has 1 aliphatic rings. The van der Waals surface area contributed by atoms with Crippen molar-refractivity contribution in [2.75, 3.05) is 6.54 Å². The Morgan fingerprint density at radius 3 is 2.67 bits per heavy atom. The first-order valence-electron chi connectivity index (χ1n) is 6.16. The van der Waals surface area contributed by atoms with E-state index in [4.69, 9.17) is 5.73 Å². The summed E-state index contributed by atoms with van der Waals surface area (Å²) >= 11 is 0. The summed E-state index contributed by atoms with van der Waals surface area (Å²) in [6.45, 7) is 5.08. The highest BCUT2D eigenvalue weighted by Crippen LogP contribution is 2.29. The van der Waals surface area contributed by atoms with Gasteiger partial charge in [0.05, 0.1) is 0 Å². The summed E-state index contributed by atoms with van der Waals surface area (Å²) in [5.41, 5.74) is 5.52. The lowest BCUT2D eigenvalue weighted by Crippen LogP contribution is -2.26. The molecule has 0 bridgehead atoms. The molecule has 3 N–H and O–H groups in total. The Morgan fingerprint density at radius 2 is 2.20 bits per heavy atom. The van der Waals surface area contributed by atoms with Crippen molar-refractivity contribution in [3.63, 3.8) is 0 Å². The minimum absolute atomic E-state index is 0.222. The first-order valence-corrected chi connectivity index (χ1v) is 6.16. The van der Waals surface area contributed by atoms with Gasteiger partial charge in [0.1, 0.15) is 0 Å². The van der Waals surface area contributed by atoms with Crippen LogP contribution in [0.5, 0.6) is 0 Å². The molecule has 0 radical (unpaired) electrons. The molecule has 1 rings (SSSR count). The van der Waals surface area contributed by atoms with E-state index in [1.807, 2.05) is 0 Å². The molecule has 1 saturated carbocycles. The summed E-state index contributed by atoms with van der Waals surface area (Å²) in [6, 6.07) is 0.465. The molecule has 0 spiro atoms. The van der Waals surface area contributed by atoms with Crippen LogP contribution >= 0.6 is 0 Å². The number of carbonyl (C=O) groups excluding carboxylic acids is 1. The maximum atomic E-state index is 11.5. The molecule has 3 atom stereocenters. The molecule has 3 nitrogen and oxygen atoms in total. The van der Waals surface area contributed by atoms with Crippen molar-refractivity contribution in [3.8, 4) is 0 Å². The van der Waals surface area contributed by atoms with Gasteiger partial charge in [0, 0.05) is 12.5 Å². The van der Waals surface area contributed by atoms with Gasteiger partial charge in [0.2, 0.25) is 5.91 Å². The largest absolute Gasteiger partial charge is 0.353 e. The van der Waals surface area contributed by atoms with E-state index in [-0.39, 0.29) is 5.91 Å². The molecular formula is C12H24N2O. The number of carbonyl (C=O) groups is 1. The van der Waals surface area contributed by atoms with Crippen molar-refractivity contribution in [1.82, 2.24) is 5.32 Å². The molecule has 0 aromatic heterocycles. The quantitative estimate of drug-likeness (QED) is 0.674. The second-order valence-corrected chi connectivity index (χ2v) is 4.78. The summed E-state index contributed by atoms with van der Waals surface area (Å²) in [7, 11) is 0. The lowest BCUT2D eigenvalue weighted by Gasteiger charge is -2.13. The first-order chi connectivity index (χ1) is 7.17. The number of nitrogens with two attached hydrogens (primary N) is 1. The van der Waals surface area contributed by atoms with Crippen molar-refractivity contribution in [2.45, 2.75) is 52.0 Å². The third-order valence-corrected chi connectivity index (χ3v) is 3.39. The zero-order valence-corrected chi connectivity index (χ0v) is 9.96. The van der Waals surface area contributed by atoms with E-state index in [1.54, 1.807) is 0 Å². The van der Waals surface area contributed by atoms with Crippen LogP contribution in [0.1, 0.15) is 46.0 Å². The van der Waals surface area contributed by atoms with Crippen LogP contribution < -0.4 is 11.1 Å². The van der Waals surface area contributed by atoms with Gasteiger partial charge in [-0.25, -0.2) is 0 Å². The topological polar surface area (TPSA) is 55.1 Å². The van der Waals surface area contributed by atoms with Crippen LogP contribution in [0.15, 0.2) is 0 Å². The Morgan fingerprint density at radius 1 is 1.53 bits per heavy atom. The first kappa shape index (κ1) is 12.5. The van der Waals surface area contributed by atoms with Gasteiger partial charge >= 0.3 is 0 Å². The standard InChI is InChI=1S/C12H24N2O/c1-3-10(6-7-13)4-5-12(15)14-11-8-9(11)2/h9-11H,3-8,13H2,1-2H3,(H,14,15). The second kappa shape index (κ2) is 6.11. The van der Waals surface area contributed by atoms with E-state index < -0.39 is 0 Å². The number of nitrogens with one attached hydrogen (secondary N) is 1. The summed E-state index contributed by atoms with van der Waals surface area (Å²) in [5.74, 6) is 1.54. The van der Waals surface area contributed by atoms with Crippen molar-refractivity contribution in [2.24, 2.45) is 17.6 Å². The van der Waals surface area contributed by atoms with E-state index in [0.717, 1.165) is 32.2 Å². The highest BCUT2D eigenvalue weighted by Gasteiger charge is 2.33. The fourth-order valence-corrected chi connectivity index (χ4v) is 1.93. The maximum Gasteiger partial charge on any atom is 0.220 e. The summed E-state index contributed by atoms with van der Waals surface area (Å²) in [4.78, 5) is 11.5. The highest BCUT2D eigenvalue weighted by molar-refractivity contribution is 5.76. The maximum absolute atomic E-state index is 11.5. The zero-order chi connectivity index (χ0) is 11.3. The smallest absolute Gasteiger partial charge is 0.220 e. The van der Waals surface area contributed by atoms with Gasteiger partial charge in [-0.05, 0) is 37.6 Å². The number of hydrogen-bond donors (Lipinski definition) is 2. The van der Waals surface area contributed by atoms with Crippen LogP contribution in [0, 0.1) is 11.8 Å². The van der Waals surface area contributed by atoms with Crippen LogP contribution in [0.4, 0.5) is 0 Å². The Bertz CT molecular complexity index is 206. The van der Waals surface area contributed by atoms with E-state index >= 15 is 0 Å². The van der Waals surface area contributed by atoms with Crippen molar-refractivity contribution >= 4 is 5.91 Å². The van der Waals surface area contributed by atoms with E-state index in [9.17, 15) is 4.79 Å². The fraction of sp³-hybridized carbons (Fsp3) is 0.917. The normalized spacial score (nSPS) is 26.1. The molecule has 0 aromatic rings. The van der Waals surface area contributed by atoms with Crippen LogP contribution in [0.3, 0.4) is 0 Å². The predicted octanol–water partition coefficient (Wildman–Crippen LogP) is 1.67. The van der Waals surface area contributed by atoms with Gasteiger partial charge < -0.3 is 11.1 Å². The van der Waals surface area contributed by atoms with Gasteiger partial charge in [0.25, 0.3) is 0 Å². The highest BCUT2D eigenvalue weighted by atomic mass is 16.1. The van der Waals surface area contributed by atoms with Gasteiger partial charge in [-0.1, -0.05) is 20.3 Å². The third-order valence-electron chi connectivity index (χ3n) is 3.39. The lowest BCUT2D eigenvalue weighted by molar-refractivity contribution is -0.121. The molecule has 0 aliphatic heterocycles. The van der Waals surface area contributed by atoms with Crippen molar-refractivity contribution < 1.29 is 4.79 Å². The van der Waals surface area contributed by atoms with Crippen LogP contribution in [0.2, 0.25) is 0 Å². The Kier molecular flexibility index (Phi) is 5.09. The molecule has 1 aliphatic carbocycles. The predicted molar refractivity (Wildman–Crippen MR) is 62.4 cm³/mol. The average molecular weight is 212 g/mol. The minimum Gasteiger partial charge on any atom is -0.353 e. The van der Waals surface area contributed by atoms with E-state index in [1.165, 1.54) is 0 Å². The van der Waals surface area contributed by atoms with E-state index in [0.29, 0.717) is 24.3 Å². The van der Waals surface area contributed by atoms with Crippen molar-refractivity contribution in [1.29, 1.82) is 0 Å². The van der Waals surface area contributed by atoms with Crippen LogP contribution in [-0.2, 0) is 4.79 Å². The molecule has 3 unspecified atom stereocenters. The van der Waals surface area contributed by atoms with Crippen LogP contribution in [0.25, 0.3) is 0 Å². The molecule has 0 aromatic carbocycles. The van der Waals surface area contributed by atoms with Crippen LogP contribution in [-0.4, -0.2) is 18.5 Å². The Hall–Kier alpha value is -0.570. The summed E-state index contributed by atoms with van der Waals surface area (Å²) in [6.07, 6.45) is 4.99. The van der Waals surface area contributed by atoms with Gasteiger partial charge in [-0.3, -0.25) is 4.79 Å². The average Bonchev–Trinajstić information content (AvgIpc) is 2.88. The molecule has 15 heavy (non-hydrogen) atoms. The van der Waals surface area contributed by atoms with Gasteiger partial charge in [0.15, 0.2) is 0 Å². The molecular weight excluding hydrogens is 188 g/mol. The second-order valence-electron chi connectivity index (χ2n) is 4.78. The summed E-state index contributed by atoms with van der Waals surface area (Å²) in [5, 5.41) is 3.05. The monoisotopic (exact) mass is 212 g/mol. The number of hydrogen-bond acceptors (Lipinski definition) is 2. The minimum atomic E-state index is 0.222. The fourth-order valence-electron chi connectivity index (χ4n) is 1.93. The molecule has 1 amide bonds.